The van der Waals surface area contributed by atoms with E-state index in [-0.39, 0.29) is 0 Å². The molecule has 0 saturated heterocycles. The minimum absolute atomic E-state index is 0.652. The van der Waals surface area contributed by atoms with Gasteiger partial charge in [0.25, 0.3) is 0 Å². The van der Waals surface area contributed by atoms with E-state index in [1.165, 1.54) is 4.90 Å². The molecule has 0 aliphatic carbocycles. The Morgan fingerprint density at radius 2 is 2.36 bits per heavy atom. The first kappa shape index (κ1) is 11.6. The van der Waals surface area contributed by atoms with Crippen LogP contribution < -0.4 is 5.32 Å². The second kappa shape index (κ2) is 6.94. The van der Waals surface area contributed by atoms with Crippen molar-refractivity contribution < 1.29 is 0 Å². The third-order valence-corrected chi connectivity index (χ3v) is 3.06. The monoisotopic (exact) mass is 269 g/mol. The van der Waals surface area contributed by atoms with Gasteiger partial charge in [-0.15, -0.1) is 18.2 Å². The van der Waals surface area contributed by atoms with Crippen molar-refractivity contribution in [2.24, 2.45) is 0 Å². The summed E-state index contributed by atoms with van der Waals surface area (Å²) >= 11 is 5.26. The number of benzene rings is 1. The molecule has 1 nitrogen and oxygen atoms in total. The fourth-order valence-corrected chi connectivity index (χ4v) is 2.38. The molecule has 0 bridgehead atoms. The summed E-state index contributed by atoms with van der Waals surface area (Å²) in [6, 6.07) is 8.30. The lowest BCUT2D eigenvalue weighted by molar-refractivity contribution is 0.818. The smallest absolute Gasteiger partial charge is 0.0574 e. The molecule has 1 aromatic rings. The minimum Gasteiger partial charge on any atom is -0.305 e. The number of terminal acetylenes is 1. The van der Waals surface area contributed by atoms with Gasteiger partial charge in [-0.2, -0.15) is 0 Å². The molecule has 0 radical (unpaired) electrons. The van der Waals surface area contributed by atoms with Crippen molar-refractivity contribution >= 4 is 27.7 Å². The van der Waals surface area contributed by atoms with E-state index in [0.717, 1.165) is 16.8 Å². The van der Waals surface area contributed by atoms with Crippen LogP contribution in [0, 0.1) is 12.3 Å². The van der Waals surface area contributed by atoms with E-state index in [1.807, 2.05) is 23.9 Å². The van der Waals surface area contributed by atoms with Crippen LogP contribution >= 0.6 is 27.7 Å². The standard InChI is InChI=1S/C11H12BrNS/c1-2-6-13-7-8-14-11-5-3-4-10(12)9-11/h1,3-5,9,13H,6-8H2. The molecule has 1 N–H and O–H groups in total. The minimum atomic E-state index is 0.652. The highest BCUT2D eigenvalue weighted by Gasteiger charge is 1.93. The number of hydrogen-bond donors (Lipinski definition) is 1. The van der Waals surface area contributed by atoms with Gasteiger partial charge in [-0.25, -0.2) is 0 Å². The first-order chi connectivity index (χ1) is 6.83. The Balaban J connectivity index is 2.22. The highest BCUT2D eigenvalue weighted by molar-refractivity contribution is 9.10. The Kier molecular flexibility index (Phi) is 5.77. The van der Waals surface area contributed by atoms with Crippen molar-refractivity contribution in [3.63, 3.8) is 0 Å². The largest absolute Gasteiger partial charge is 0.305 e. The average Bonchev–Trinajstić information content (AvgIpc) is 2.18. The van der Waals surface area contributed by atoms with Gasteiger partial charge in [0.2, 0.25) is 0 Å². The van der Waals surface area contributed by atoms with Crippen LogP contribution in [0.1, 0.15) is 0 Å². The zero-order valence-electron chi connectivity index (χ0n) is 7.79. The molecule has 0 fully saturated rings. The highest BCUT2D eigenvalue weighted by atomic mass is 79.9. The van der Waals surface area contributed by atoms with Gasteiger partial charge in [0.15, 0.2) is 0 Å². The van der Waals surface area contributed by atoms with Gasteiger partial charge < -0.3 is 5.32 Å². The predicted molar refractivity (Wildman–Crippen MR) is 66.6 cm³/mol. The zero-order chi connectivity index (χ0) is 10.2. The zero-order valence-corrected chi connectivity index (χ0v) is 10.2. The molecular formula is C11H12BrNS. The summed E-state index contributed by atoms with van der Waals surface area (Å²) in [7, 11) is 0. The van der Waals surface area contributed by atoms with E-state index in [1.54, 1.807) is 0 Å². The SMILES string of the molecule is C#CCNCCSc1cccc(Br)c1. The lowest BCUT2D eigenvalue weighted by atomic mass is 10.4. The Hall–Kier alpha value is -0.430. The predicted octanol–water partition coefficient (Wildman–Crippen LogP) is 2.76. The Labute approximate surface area is 97.8 Å². The van der Waals surface area contributed by atoms with Gasteiger partial charge in [0, 0.05) is 21.7 Å². The Morgan fingerprint density at radius 3 is 3.07 bits per heavy atom. The molecule has 3 heteroatoms. The van der Waals surface area contributed by atoms with E-state index in [9.17, 15) is 0 Å². The number of rotatable bonds is 5. The third kappa shape index (κ3) is 4.71. The maximum absolute atomic E-state index is 5.12. The molecule has 1 aromatic carbocycles. The van der Waals surface area contributed by atoms with E-state index < -0.39 is 0 Å². The van der Waals surface area contributed by atoms with Crippen molar-refractivity contribution in [1.82, 2.24) is 5.32 Å². The lowest BCUT2D eigenvalue weighted by Gasteiger charge is -2.02. The average molecular weight is 270 g/mol. The summed E-state index contributed by atoms with van der Waals surface area (Å²) in [4.78, 5) is 1.28. The summed E-state index contributed by atoms with van der Waals surface area (Å²) < 4.78 is 1.12. The van der Waals surface area contributed by atoms with Crippen LogP contribution in [-0.2, 0) is 0 Å². The molecule has 0 saturated carbocycles. The van der Waals surface area contributed by atoms with Gasteiger partial charge in [-0.05, 0) is 18.2 Å². The molecule has 1 rings (SSSR count). The molecule has 0 atom stereocenters. The first-order valence-electron chi connectivity index (χ1n) is 4.35. The maximum atomic E-state index is 5.12. The van der Waals surface area contributed by atoms with Gasteiger partial charge in [-0.1, -0.05) is 27.9 Å². The molecule has 0 spiro atoms. The van der Waals surface area contributed by atoms with Crippen LogP contribution in [-0.4, -0.2) is 18.8 Å². The van der Waals surface area contributed by atoms with Crippen LogP contribution in [0.4, 0.5) is 0 Å². The molecular weight excluding hydrogens is 258 g/mol. The van der Waals surface area contributed by atoms with Crippen LogP contribution in [0.2, 0.25) is 0 Å². The summed E-state index contributed by atoms with van der Waals surface area (Å²) in [6.07, 6.45) is 5.12. The molecule has 0 heterocycles. The van der Waals surface area contributed by atoms with Crippen LogP contribution in [0.25, 0.3) is 0 Å². The van der Waals surface area contributed by atoms with Gasteiger partial charge in [0.05, 0.1) is 6.54 Å². The van der Waals surface area contributed by atoms with Gasteiger partial charge in [0.1, 0.15) is 0 Å². The summed E-state index contributed by atoms with van der Waals surface area (Å²) in [5, 5.41) is 3.15. The summed E-state index contributed by atoms with van der Waals surface area (Å²) in [5.74, 6) is 3.59. The Morgan fingerprint density at radius 1 is 1.50 bits per heavy atom. The highest BCUT2D eigenvalue weighted by Crippen LogP contribution is 2.21. The van der Waals surface area contributed by atoms with Gasteiger partial charge >= 0.3 is 0 Å². The molecule has 0 aromatic heterocycles. The summed E-state index contributed by atoms with van der Waals surface area (Å²) in [6.45, 7) is 1.60. The first-order valence-corrected chi connectivity index (χ1v) is 6.13. The number of hydrogen-bond acceptors (Lipinski definition) is 2. The number of nitrogens with one attached hydrogen (secondary N) is 1. The summed E-state index contributed by atoms with van der Waals surface area (Å²) in [5.41, 5.74) is 0. The second-order valence-electron chi connectivity index (χ2n) is 2.69. The molecule has 0 aliphatic rings. The van der Waals surface area contributed by atoms with Crippen LogP contribution in [0.3, 0.4) is 0 Å². The normalized spacial score (nSPS) is 9.71. The van der Waals surface area contributed by atoms with Crippen molar-refractivity contribution in [2.75, 3.05) is 18.8 Å². The molecule has 14 heavy (non-hydrogen) atoms. The maximum Gasteiger partial charge on any atom is 0.0574 e. The molecule has 0 unspecified atom stereocenters. The van der Waals surface area contributed by atoms with Crippen LogP contribution in [0.5, 0.6) is 0 Å². The fourth-order valence-electron chi connectivity index (χ4n) is 0.958. The molecule has 74 valence electrons. The van der Waals surface area contributed by atoms with Crippen molar-refractivity contribution in [3.05, 3.63) is 28.7 Å². The number of thioether (sulfide) groups is 1. The van der Waals surface area contributed by atoms with Crippen LogP contribution in [0.15, 0.2) is 33.6 Å². The third-order valence-electron chi connectivity index (χ3n) is 1.57. The van der Waals surface area contributed by atoms with Crippen molar-refractivity contribution in [2.45, 2.75) is 4.90 Å². The van der Waals surface area contributed by atoms with Gasteiger partial charge in [-0.3, -0.25) is 0 Å². The lowest BCUT2D eigenvalue weighted by Crippen LogP contribution is -2.16. The van der Waals surface area contributed by atoms with Crippen molar-refractivity contribution in [3.8, 4) is 12.3 Å². The fraction of sp³-hybridized carbons (Fsp3) is 0.273. The topological polar surface area (TPSA) is 12.0 Å². The van der Waals surface area contributed by atoms with E-state index in [2.05, 4.69) is 39.3 Å². The van der Waals surface area contributed by atoms with Crippen molar-refractivity contribution in [1.29, 1.82) is 0 Å². The quantitative estimate of drug-likeness (QED) is 0.501. The molecule has 0 amide bonds. The second-order valence-corrected chi connectivity index (χ2v) is 4.77. The van der Waals surface area contributed by atoms with E-state index in [0.29, 0.717) is 6.54 Å². The molecule has 0 aliphatic heterocycles. The Bertz CT molecular complexity index is 319. The van der Waals surface area contributed by atoms with E-state index in [4.69, 9.17) is 6.42 Å². The van der Waals surface area contributed by atoms with E-state index >= 15 is 0 Å². The number of halogens is 1.